The molecule has 0 spiro atoms. The number of carbonyl (C=O) groups is 1. The lowest BCUT2D eigenvalue weighted by atomic mass is 10.3. The molecule has 0 fully saturated rings. The number of amides is 1. The summed E-state index contributed by atoms with van der Waals surface area (Å²) in [7, 11) is 1.52. The number of carbonyl (C=O) groups excluding carboxylic acids is 1. The minimum atomic E-state index is -4.27. The molecule has 8 heteroatoms. The SMILES string of the molecule is COc1ccccc1OCCC(=O)Nc1ccccc1SCC(F)(F)F. The molecule has 0 saturated carbocycles. The molecule has 0 bridgehead atoms. The molecule has 0 aromatic heterocycles. The lowest BCUT2D eigenvalue weighted by Crippen LogP contribution is -2.16. The molecule has 0 unspecified atom stereocenters. The summed E-state index contributed by atoms with van der Waals surface area (Å²) in [6.45, 7) is 0.115. The van der Waals surface area contributed by atoms with Crippen LogP contribution in [0.15, 0.2) is 53.4 Å². The monoisotopic (exact) mass is 385 g/mol. The lowest BCUT2D eigenvalue weighted by molar-refractivity contribution is -0.116. The van der Waals surface area contributed by atoms with Crippen LogP contribution in [0, 0.1) is 0 Å². The van der Waals surface area contributed by atoms with Gasteiger partial charge in [0.15, 0.2) is 11.5 Å². The molecule has 1 N–H and O–H groups in total. The molecule has 0 radical (unpaired) electrons. The van der Waals surface area contributed by atoms with Crippen molar-refractivity contribution in [3.63, 3.8) is 0 Å². The van der Waals surface area contributed by atoms with Crippen LogP contribution in [0.1, 0.15) is 6.42 Å². The van der Waals surface area contributed by atoms with Crippen molar-refractivity contribution in [3.8, 4) is 11.5 Å². The highest BCUT2D eigenvalue weighted by molar-refractivity contribution is 7.99. The molecule has 26 heavy (non-hydrogen) atoms. The topological polar surface area (TPSA) is 47.6 Å². The fourth-order valence-corrected chi connectivity index (χ4v) is 2.83. The van der Waals surface area contributed by atoms with E-state index in [9.17, 15) is 18.0 Å². The summed E-state index contributed by atoms with van der Waals surface area (Å²) in [6, 6.07) is 13.4. The summed E-state index contributed by atoms with van der Waals surface area (Å²) >= 11 is 0.634. The Morgan fingerprint density at radius 3 is 2.42 bits per heavy atom. The van der Waals surface area contributed by atoms with Gasteiger partial charge in [-0.1, -0.05) is 24.3 Å². The van der Waals surface area contributed by atoms with Crippen molar-refractivity contribution in [3.05, 3.63) is 48.5 Å². The van der Waals surface area contributed by atoms with Gasteiger partial charge < -0.3 is 14.8 Å². The number of nitrogens with one attached hydrogen (secondary N) is 1. The van der Waals surface area contributed by atoms with Crippen LogP contribution in [-0.4, -0.2) is 31.6 Å². The van der Waals surface area contributed by atoms with Gasteiger partial charge in [0.1, 0.15) is 0 Å². The van der Waals surface area contributed by atoms with E-state index in [2.05, 4.69) is 5.32 Å². The average molecular weight is 385 g/mol. The summed E-state index contributed by atoms with van der Waals surface area (Å²) < 4.78 is 47.8. The first-order valence-corrected chi connectivity index (χ1v) is 8.72. The van der Waals surface area contributed by atoms with E-state index in [0.717, 1.165) is 0 Å². The Morgan fingerprint density at radius 1 is 1.08 bits per heavy atom. The molecule has 1 amide bonds. The molecular weight excluding hydrogens is 367 g/mol. The fourth-order valence-electron chi connectivity index (χ4n) is 2.06. The molecule has 0 aliphatic heterocycles. The molecule has 4 nitrogen and oxygen atoms in total. The predicted octanol–water partition coefficient (Wildman–Crippen LogP) is 4.76. The molecule has 140 valence electrons. The first-order valence-electron chi connectivity index (χ1n) is 7.73. The maximum atomic E-state index is 12.4. The number of anilines is 1. The van der Waals surface area contributed by atoms with Crippen molar-refractivity contribution in [1.29, 1.82) is 0 Å². The molecule has 0 aliphatic rings. The number of hydrogen-bond donors (Lipinski definition) is 1. The number of methoxy groups -OCH3 is 1. The number of alkyl halides is 3. The average Bonchev–Trinajstić information content (AvgIpc) is 2.60. The quantitative estimate of drug-likeness (QED) is 0.666. The molecule has 0 atom stereocenters. The smallest absolute Gasteiger partial charge is 0.398 e. The van der Waals surface area contributed by atoms with Crippen LogP contribution in [0.3, 0.4) is 0 Å². The molecule has 2 aromatic carbocycles. The fraction of sp³-hybridized carbons (Fsp3) is 0.278. The van der Waals surface area contributed by atoms with Gasteiger partial charge in [0.2, 0.25) is 5.91 Å². The van der Waals surface area contributed by atoms with Crippen molar-refractivity contribution >= 4 is 23.4 Å². The number of para-hydroxylation sites is 3. The second kappa shape index (κ2) is 9.38. The van der Waals surface area contributed by atoms with E-state index >= 15 is 0 Å². The summed E-state index contributed by atoms with van der Waals surface area (Å²) in [6.07, 6.45) is -4.22. The molecule has 0 saturated heterocycles. The standard InChI is InChI=1S/C18H18F3NO3S/c1-24-14-7-3-4-8-15(14)25-11-10-17(23)22-13-6-2-5-9-16(13)26-12-18(19,20)21/h2-9H,10-12H2,1H3,(H,22,23). The number of hydrogen-bond acceptors (Lipinski definition) is 4. The highest BCUT2D eigenvalue weighted by Crippen LogP contribution is 2.32. The number of benzene rings is 2. The Hall–Kier alpha value is -2.35. The van der Waals surface area contributed by atoms with Gasteiger partial charge >= 0.3 is 6.18 Å². The van der Waals surface area contributed by atoms with E-state index in [0.29, 0.717) is 33.8 Å². The minimum absolute atomic E-state index is 0.0519. The number of ether oxygens (including phenoxy) is 2. The zero-order valence-electron chi connectivity index (χ0n) is 14.0. The Bertz CT molecular complexity index is 738. The van der Waals surface area contributed by atoms with Gasteiger partial charge in [0, 0.05) is 4.90 Å². The van der Waals surface area contributed by atoms with Gasteiger partial charge in [-0.3, -0.25) is 4.79 Å². The van der Waals surface area contributed by atoms with E-state index in [1.165, 1.54) is 13.2 Å². The third-order valence-electron chi connectivity index (χ3n) is 3.21. The summed E-state index contributed by atoms with van der Waals surface area (Å²) in [5.41, 5.74) is 0.351. The van der Waals surface area contributed by atoms with E-state index < -0.39 is 11.9 Å². The highest BCUT2D eigenvalue weighted by atomic mass is 32.2. The zero-order valence-corrected chi connectivity index (χ0v) is 14.8. The third kappa shape index (κ3) is 6.51. The van der Waals surface area contributed by atoms with Crippen LogP contribution in [0.2, 0.25) is 0 Å². The molecule has 2 rings (SSSR count). The van der Waals surface area contributed by atoms with Crippen LogP contribution in [0.4, 0.5) is 18.9 Å². The van der Waals surface area contributed by atoms with Crippen molar-refractivity contribution < 1.29 is 27.4 Å². The van der Waals surface area contributed by atoms with Crippen molar-refractivity contribution in [2.24, 2.45) is 0 Å². The Labute approximate surface area is 153 Å². The Balaban J connectivity index is 1.88. The number of rotatable bonds is 8. The van der Waals surface area contributed by atoms with E-state index in [1.54, 1.807) is 42.5 Å². The Morgan fingerprint density at radius 2 is 1.73 bits per heavy atom. The van der Waals surface area contributed by atoms with Gasteiger partial charge in [0.25, 0.3) is 0 Å². The number of thioether (sulfide) groups is 1. The van der Waals surface area contributed by atoms with Crippen molar-refractivity contribution in [1.82, 2.24) is 0 Å². The maximum Gasteiger partial charge on any atom is 0.398 e. The molecule has 2 aromatic rings. The Kier molecular flexibility index (Phi) is 7.20. The van der Waals surface area contributed by atoms with Crippen LogP contribution in [0.5, 0.6) is 11.5 Å². The van der Waals surface area contributed by atoms with Gasteiger partial charge in [-0.05, 0) is 24.3 Å². The molecule has 0 aliphatic carbocycles. The normalized spacial score (nSPS) is 11.1. The minimum Gasteiger partial charge on any atom is -0.493 e. The van der Waals surface area contributed by atoms with Crippen LogP contribution in [-0.2, 0) is 4.79 Å². The lowest BCUT2D eigenvalue weighted by Gasteiger charge is -2.13. The highest BCUT2D eigenvalue weighted by Gasteiger charge is 2.27. The van der Waals surface area contributed by atoms with E-state index in [4.69, 9.17) is 9.47 Å². The first-order chi connectivity index (χ1) is 12.4. The molecular formula is C18H18F3NO3S. The van der Waals surface area contributed by atoms with Crippen LogP contribution in [0.25, 0.3) is 0 Å². The number of halogens is 3. The van der Waals surface area contributed by atoms with Crippen molar-refractivity contribution in [2.75, 3.05) is 24.8 Å². The van der Waals surface area contributed by atoms with E-state index in [1.807, 2.05) is 0 Å². The summed E-state index contributed by atoms with van der Waals surface area (Å²) in [4.78, 5) is 12.4. The largest absolute Gasteiger partial charge is 0.493 e. The second-order valence-corrected chi connectivity index (χ2v) is 6.21. The van der Waals surface area contributed by atoms with Crippen LogP contribution < -0.4 is 14.8 Å². The molecule has 0 heterocycles. The van der Waals surface area contributed by atoms with Gasteiger partial charge in [-0.2, -0.15) is 13.2 Å². The first kappa shape index (κ1) is 20.0. The maximum absolute atomic E-state index is 12.4. The summed E-state index contributed by atoms with van der Waals surface area (Å²) in [5.74, 6) is -0.290. The predicted molar refractivity (Wildman–Crippen MR) is 95.0 cm³/mol. The van der Waals surface area contributed by atoms with Gasteiger partial charge in [-0.15, -0.1) is 11.8 Å². The van der Waals surface area contributed by atoms with Gasteiger partial charge in [-0.25, -0.2) is 0 Å². The summed E-state index contributed by atoms with van der Waals surface area (Å²) in [5, 5.41) is 2.62. The van der Waals surface area contributed by atoms with Crippen LogP contribution >= 0.6 is 11.8 Å². The van der Waals surface area contributed by atoms with Crippen molar-refractivity contribution in [2.45, 2.75) is 17.5 Å². The van der Waals surface area contributed by atoms with E-state index in [-0.39, 0.29) is 18.9 Å². The zero-order chi connectivity index (χ0) is 19.0. The third-order valence-corrected chi connectivity index (χ3v) is 4.35. The second-order valence-electron chi connectivity index (χ2n) is 5.20. The van der Waals surface area contributed by atoms with Gasteiger partial charge in [0.05, 0.1) is 31.6 Å².